The monoisotopic (exact) mass is 1080 g/mol. The van der Waals surface area contributed by atoms with Gasteiger partial charge in [-0.3, -0.25) is 0 Å². The number of benzene rings is 14. The summed E-state index contributed by atoms with van der Waals surface area (Å²) in [5.74, 6) is 0. The Kier molecular flexibility index (Phi) is 9.55. The fraction of sp³-hybridized carbons (Fsp3) is 0. The normalized spacial score (nSPS) is 13.1. The fourth-order valence-corrected chi connectivity index (χ4v) is 15.0. The molecule has 0 N–H and O–H groups in total. The first-order chi connectivity index (χ1) is 42.2. The van der Waals surface area contributed by atoms with E-state index in [0.717, 1.165) is 90.2 Å². The van der Waals surface area contributed by atoms with Gasteiger partial charge in [-0.05, 0) is 161 Å². The molecule has 0 saturated carbocycles. The predicted octanol–water partition coefficient (Wildman–Crippen LogP) is 23.2. The Labute approximate surface area is 489 Å². The van der Waals surface area contributed by atoms with E-state index in [1.165, 1.54) is 86.9 Å². The molecule has 0 atom stereocenters. The van der Waals surface area contributed by atoms with Gasteiger partial charge in [0.1, 0.15) is 11.2 Å². The topological polar surface area (TPSA) is 26.1 Å². The Morgan fingerprint density at radius 3 is 1.00 bits per heavy atom. The van der Waals surface area contributed by atoms with Crippen LogP contribution in [0.5, 0.6) is 0 Å². The lowest BCUT2D eigenvalue weighted by atomic mass is 9.87. The molecule has 0 unspecified atom stereocenters. The highest BCUT2D eigenvalue weighted by molar-refractivity contribution is 6.47. The molecule has 5 nitrogen and oxygen atoms in total. The van der Waals surface area contributed by atoms with Crippen molar-refractivity contribution in [3.63, 3.8) is 0 Å². The lowest BCUT2D eigenvalue weighted by Crippen LogP contribution is -2.24. The van der Waals surface area contributed by atoms with E-state index in [4.69, 9.17) is 4.42 Å². The van der Waals surface area contributed by atoms with Crippen LogP contribution < -0.4 is 19.6 Å². The second kappa shape index (κ2) is 17.6. The lowest BCUT2D eigenvalue weighted by molar-refractivity contribution is 0.669. The van der Waals surface area contributed by atoms with Crippen molar-refractivity contribution in [2.24, 2.45) is 0 Å². The maximum Gasteiger partial charge on any atom is 0.137 e. The number of nitrogens with zero attached hydrogens (tertiary/aromatic N) is 4. The molecule has 0 amide bonds. The van der Waals surface area contributed by atoms with Crippen LogP contribution >= 0.6 is 0 Å². The predicted molar refractivity (Wildman–Crippen MR) is 358 cm³/mol. The largest absolute Gasteiger partial charge is 0.456 e. The molecule has 2 aliphatic heterocycles. The quantitative estimate of drug-likeness (QED) is 0.165. The van der Waals surface area contributed by atoms with Crippen LogP contribution in [0.15, 0.2) is 296 Å². The molecule has 3 heterocycles. The van der Waals surface area contributed by atoms with Crippen molar-refractivity contribution in [2.45, 2.75) is 0 Å². The number of hydrogen-bond donors (Lipinski definition) is 0. The van der Waals surface area contributed by atoms with Gasteiger partial charge in [-0.15, -0.1) is 0 Å². The first-order valence-corrected chi connectivity index (χ1v) is 29.3. The van der Waals surface area contributed by atoms with E-state index < -0.39 is 0 Å². The Balaban J connectivity index is 0.911. The molecule has 1 aromatic heterocycles. The van der Waals surface area contributed by atoms with E-state index in [-0.39, 0.29) is 0 Å². The summed E-state index contributed by atoms with van der Waals surface area (Å²) in [6.45, 7) is 0. The summed E-state index contributed by atoms with van der Waals surface area (Å²) in [5.41, 5.74) is 20.0. The van der Waals surface area contributed by atoms with Gasteiger partial charge in [-0.25, -0.2) is 0 Å². The highest BCUT2D eigenvalue weighted by Gasteiger charge is 2.36. The van der Waals surface area contributed by atoms with Crippen molar-refractivity contribution in [3.8, 4) is 22.3 Å². The van der Waals surface area contributed by atoms with Crippen LogP contribution in [0.3, 0.4) is 0 Å². The molecule has 85 heavy (non-hydrogen) atoms. The van der Waals surface area contributed by atoms with Gasteiger partial charge in [-0.1, -0.05) is 200 Å². The van der Waals surface area contributed by atoms with Crippen molar-refractivity contribution in [2.75, 3.05) is 19.6 Å². The third-order valence-corrected chi connectivity index (χ3v) is 18.3. The molecule has 0 bridgehead atoms. The van der Waals surface area contributed by atoms with E-state index >= 15 is 0 Å². The molecular weight excluding hydrogens is 1030 g/mol. The van der Waals surface area contributed by atoms with E-state index in [0.29, 0.717) is 0 Å². The minimum atomic E-state index is 0.855. The summed E-state index contributed by atoms with van der Waals surface area (Å²) < 4.78 is 6.74. The van der Waals surface area contributed by atoms with Crippen molar-refractivity contribution in [1.82, 2.24) is 0 Å². The van der Waals surface area contributed by atoms with Crippen LogP contribution in [-0.4, -0.2) is 0 Å². The number of fused-ring (bicyclic) bond motifs is 13. The average Bonchev–Trinajstić information content (AvgIpc) is 1.63. The molecule has 5 heteroatoms. The zero-order chi connectivity index (χ0) is 55.4. The minimum Gasteiger partial charge on any atom is -0.456 e. The summed E-state index contributed by atoms with van der Waals surface area (Å²) in [6, 6.07) is 107. The van der Waals surface area contributed by atoms with Gasteiger partial charge < -0.3 is 24.0 Å². The van der Waals surface area contributed by atoms with Crippen LogP contribution in [0, 0.1) is 0 Å². The number of hydrogen-bond acceptors (Lipinski definition) is 5. The molecule has 0 fully saturated rings. The first-order valence-electron chi connectivity index (χ1n) is 29.3. The van der Waals surface area contributed by atoms with Crippen molar-refractivity contribution in [1.29, 1.82) is 0 Å². The van der Waals surface area contributed by atoms with Crippen LogP contribution in [0.4, 0.5) is 68.2 Å². The summed E-state index contributed by atoms with van der Waals surface area (Å²) in [5, 5.41) is 17.2. The summed E-state index contributed by atoms with van der Waals surface area (Å²) in [7, 11) is 0. The number of furan rings is 1. The first kappa shape index (κ1) is 46.2. The number of rotatable bonds is 6. The van der Waals surface area contributed by atoms with Crippen LogP contribution in [0.2, 0.25) is 0 Å². The lowest BCUT2D eigenvalue weighted by Gasteiger charge is -2.40. The third kappa shape index (κ3) is 6.36. The molecular formula is C80H48N4O. The third-order valence-electron chi connectivity index (χ3n) is 18.3. The zero-order valence-corrected chi connectivity index (χ0v) is 45.9. The van der Waals surface area contributed by atoms with Crippen LogP contribution in [0.1, 0.15) is 0 Å². The Morgan fingerprint density at radius 1 is 0.188 bits per heavy atom. The van der Waals surface area contributed by atoms with Gasteiger partial charge in [0.05, 0.1) is 56.9 Å². The molecule has 0 aliphatic carbocycles. The van der Waals surface area contributed by atoms with Gasteiger partial charge in [0.25, 0.3) is 0 Å². The minimum absolute atomic E-state index is 0.855. The van der Waals surface area contributed by atoms with Gasteiger partial charge >= 0.3 is 0 Å². The van der Waals surface area contributed by atoms with E-state index in [1.807, 2.05) is 0 Å². The maximum absolute atomic E-state index is 6.74. The second-order valence-corrected chi connectivity index (χ2v) is 22.6. The summed E-state index contributed by atoms with van der Waals surface area (Å²) in [4.78, 5) is 9.81. The molecule has 2 aliphatic rings. The fourth-order valence-electron chi connectivity index (χ4n) is 15.0. The summed E-state index contributed by atoms with van der Waals surface area (Å²) in [6.07, 6.45) is 0. The molecule has 17 aromatic rings. The molecule has 19 rings (SSSR count). The van der Waals surface area contributed by atoms with E-state index in [1.54, 1.807) is 0 Å². The highest BCUT2D eigenvalue weighted by atomic mass is 16.3. The Hall–Kier alpha value is -11.4. The highest BCUT2D eigenvalue weighted by Crippen LogP contribution is 2.62. The van der Waals surface area contributed by atoms with E-state index in [9.17, 15) is 0 Å². The maximum atomic E-state index is 6.74. The van der Waals surface area contributed by atoms with Gasteiger partial charge in [0.2, 0.25) is 0 Å². The van der Waals surface area contributed by atoms with E-state index in [2.05, 4.69) is 311 Å². The number of para-hydroxylation sites is 9. The standard InChI is InChI=1S/C80H48N4O/c1-5-23-49(24-6-1)73-77-56-34-21-32-54-61(83-66-39-17-14-36-63(66)81(51-27-9-3-10-28-51)64-37-15-18-40-67(64)83)45-43-58(75(54)56)79(77)74(50-25-7-2-8-26-50)78-57-35-22-33-55-62(46-44-59(76(55)57)80(73)78)84-68-41-19-16-38-65(68)82(52-29-11-4-12-30-52)69-47-60-53-31-13-20-42-71(53)85-72(60)48-70(69)84/h1-48H. The number of anilines is 12. The smallest absolute Gasteiger partial charge is 0.137 e. The van der Waals surface area contributed by atoms with Gasteiger partial charge in [-0.2, -0.15) is 0 Å². The Bertz CT molecular complexity index is 5420. The molecule has 16 aromatic carbocycles. The van der Waals surface area contributed by atoms with Gasteiger partial charge in [0, 0.05) is 39.0 Å². The zero-order valence-electron chi connectivity index (χ0n) is 45.9. The van der Waals surface area contributed by atoms with Crippen molar-refractivity contribution >= 4 is 155 Å². The second-order valence-electron chi connectivity index (χ2n) is 22.6. The molecule has 0 spiro atoms. The molecule has 0 saturated heterocycles. The molecule has 394 valence electrons. The van der Waals surface area contributed by atoms with Crippen molar-refractivity contribution in [3.05, 3.63) is 291 Å². The summed E-state index contributed by atoms with van der Waals surface area (Å²) >= 11 is 0. The Morgan fingerprint density at radius 2 is 0.529 bits per heavy atom. The van der Waals surface area contributed by atoms with Crippen LogP contribution in [-0.2, 0) is 0 Å². The van der Waals surface area contributed by atoms with Gasteiger partial charge in [0.15, 0.2) is 0 Å². The molecule has 0 radical (unpaired) electrons. The SMILES string of the molecule is c1ccc(-c2c3c4ccc(N5c6ccccc6N(c6ccccc6)c6ccccc65)c5cccc(c3c(-c3ccccc3)c3c6ccc(N7c8ccccc8N(c8ccccc8)c8cc9c(cc87)oc7ccccc79)c7cccc(c23)c76)c54)cc1. The average molecular weight is 1080 g/mol. The van der Waals surface area contributed by atoms with Crippen molar-refractivity contribution < 1.29 is 4.42 Å². The van der Waals surface area contributed by atoms with Crippen LogP contribution in [0.25, 0.3) is 109 Å².